The first-order chi connectivity index (χ1) is 40.5. The van der Waals surface area contributed by atoms with Gasteiger partial charge in [0.05, 0.1) is 21.9 Å². The van der Waals surface area contributed by atoms with Crippen LogP contribution in [0.4, 0.5) is 17.1 Å². The molecule has 0 atom stereocenters. The third-order valence-electron chi connectivity index (χ3n) is 17.6. The van der Waals surface area contributed by atoms with Gasteiger partial charge in [0.15, 0.2) is 0 Å². The van der Waals surface area contributed by atoms with Crippen LogP contribution in [0.3, 0.4) is 0 Å². The van der Waals surface area contributed by atoms with Crippen molar-refractivity contribution in [1.82, 2.24) is 9.55 Å². The van der Waals surface area contributed by atoms with Gasteiger partial charge in [0.1, 0.15) is 5.82 Å². The van der Waals surface area contributed by atoms with Crippen molar-refractivity contribution in [2.45, 2.75) is 48.5 Å². The van der Waals surface area contributed by atoms with Crippen LogP contribution in [0.1, 0.15) is 93.4 Å². The Morgan fingerprint density at radius 2 is 1.12 bits per heavy atom. The quantitative estimate of drug-likeness (QED) is 0.149. The van der Waals surface area contributed by atoms with Gasteiger partial charge in [-0.25, -0.2) is 4.98 Å². The molecule has 12 aromatic rings. The van der Waals surface area contributed by atoms with Crippen LogP contribution in [-0.4, -0.2) is 9.55 Å². The minimum absolute atomic E-state index is 0. The van der Waals surface area contributed by atoms with Crippen molar-refractivity contribution in [3.8, 4) is 17.3 Å². The number of hydrogen-bond acceptors (Lipinski definition) is 4. The summed E-state index contributed by atoms with van der Waals surface area (Å²) in [4.78, 5) is 9.64. The number of nitrogens with zero attached hydrogens (tertiary/aromatic N) is 4. The van der Waals surface area contributed by atoms with Crippen molar-refractivity contribution in [3.05, 3.63) is 335 Å². The summed E-state index contributed by atoms with van der Waals surface area (Å²) in [6.45, 7) is 8.70. The van der Waals surface area contributed by atoms with Gasteiger partial charge in [-0.1, -0.05) is 214 Å². The van der Waals surface area contributed by atoms with Crippen molar-refractivity contribution >= 4 is 38.9 Å². The maximum Gasteiger partial charge on any atom is 0.135 e. The second-order valence-electron chi connectivity index (χ2n) is 22.3. The molecule has 0 saturated heterocycles. The molecule has 388 valence electrons. The minimum atomic E-state index is -0.976. The number of pyridine rings is 1. The Balaban J connectivity index is 0.00000600. The minimum Gasteiger partial charge on any atom is -0.509 e. The van der Waals surface area contributed by atoms with Gasteiger partial charge in [-0.2, -0.15) is 18.8 Å². The molecule has 5 nitrogen and oxygen atoms in total. The number of anilines is 3. The second kappa shape index (κ2) is 17.9. The zero-order valence-electron chi connectivity index (χ0n) is 48.1. The largest absolute Gasteiger partial charge is 0.509 e. The van der Waals surface area contributed by atoms with E-state index in [-0.39, 0.29) is 56.6 Å². The van der Waals surface area contributed by atoms with E-state index >= 15 is 0 Å². The fourth-order valence-corrected chi connectivity index (χ4v) is 14.7. The molecular formula is C74H53N4OPt-3. The summed E-state index contributed by atoms with van der Waals surface area (Å²) in [5.74, 6) is 1.24. The number of para-hydroxylation sites is 3. The van der Waals surface area contributed by atoms with E-state index in [0.29, 0.717) is 39.1 Å². The number of benzene rings is 10. The Hall–Kier alpha value is -8.76. The molecule has 0 fully saturated rings. The summed E-state index contributed by atoms with van der Waals surface area (Å²) in [6, 6.07) is 88.3. The van der Waals surface area contributed by atoms with Crippen LogP contribution in [0, 0.1) is 18.8 Å². The fraction of sp³-hybridized carbons (Fsp3) is 0.108. The van der Waals surface area contributed by atoms with E-state index in [9.17, 15) is 1.37 Å². The van der Waals surface area contributed by atoms with Gasteiger partial charge >= 0.3 is 0 Å². The Morgan fingerprint density at radius 1 is 0.550 bits per heavy atom. The summed E-state index contributed by atoms with van der Waals surface area (Å²) in [5.41, 5.74) is 14.5. The molecule has 0 N–H and O–H groups in total. The molecule has 3 heterocycles. The van der Waals surface area contributed by atoms with E-state index in [4.69, 9.17) is 13.8 Å². The zero-order chi connectivity index (χ0) is 56.1. The van der Waals surface area contributed by atoms with E-state index in [2.05, 4.69) is 237 Å². The summed E-state index contributed by atoms with van der Waals surface area (Å²) >= 11 is 0. The maximum atomic E-state index is 9.20. The zero-order valence-corrected chi connectivity index (χ0v) is 46.4. The van der Waals surface area contributed by atoms with E-state index in [1.165, 1.54) is 55.6 Å². The fourth-order valence-electron chi connectivity index (χ4n) is 14.7. The predicted octanol–water partition coefficient (Wildman–Crippen LogP) is 17.0. The molecule has 4 bridgehead atoms. The number of fused-ring (bicyclic) bond motifs is 4. The number of aromatic nitrogens is 2. The first kappa shape index (κ1) is 44.1. The van der Waals surface area contributed by atoms with E-state index < -0.39 is 16.4 Å². The average molecular weight is 1210 g/mol. The van der Waals surface area contributed by atoms with Crippen molar-refractivity contribution < 1.29 is 31.3 Å². The summed E-state index contributed by atoms with van der Waals surface area (Å²) in [6.07, 6.45) is 1.75. The van der Waals surface area contributed by atoms with Crippen LogP contribution in [0.5, 0.6) is 11.5 Å². The molecule has 80 heavy (non-hydrogen) atoms. The van der Waals surface area contributed by atoms with E-state index in [0.717, 1.165) is 22.6 Å². The van der Waals surface area contributed by atoms with Crippen molar-refractivity contribution in [3.63, 3.8) is 0 Å². The molecule has 0 amide bonds. The third kappa shape index (κ3) is 6.36. The van der Waals surface area contributed by atoms with Gasteiger partial charge in [-0.3, -0.25) is 0 Å². The van der Waals surface area contributed by atoms with Crippen LogP contribution >= 0.6 is 0 Å². The predicted molar refractivity (Wildman–Crippen MR) is 318 cm³/mol. The van der Waals surface area contributed by atoms with Gasteiger partial charge in [0.25, 0.3) is 0 Å². The van der Waals surface area contributed by atoms with Crippen LogP contribution < -0.4 is 14.5 Å². The third-order valence-corrected chi connectivity index (χ3v) is 17.6. The smallest absolute Gasteiger partial charge is 0.135 e. The first-order valence-corrected chi connectivity index (χ1v) is 27.1. The number of ether oxygens (including phenoxy) is 1. The van der Waals surface area contributed by atoms with Crippen LogP contribution in [0.25, 0.3) is 27.6 Å². The summed E-state index contributed by atoms with van der Waals surface area (Å²) < 4.78 is 44.3. The number of hydrogen-bond donors (Lipinski definition) is 0. The van der Waals surface area contributed by atoms with Crippen LogP contribution in [0.15, 0.2) is 255 Å². The molecule has 6 aliphatic carbocycles. The van der Waals surface area contributed by atoms with Gasteiger partial charge in [-0.05, 0) is 102 Å². The molecule has 6 heteroatoms. The second-order valence-corrected chi connectivity index (χ2v) is 22.3. The Bertz CT molecular complexity index is 4580. The SMILES string of the molecule is [2H]c1c([2H])c([2H])c2c(c1[2H])c1ccc(Oc3[c-]c(N4[CH-]N(C56c7ccccc7C(c7ccccc75)C5(c7ccccc7)c7ccccc7C6(c6ccccc6)c6ccccc65)c5ccccc54)ccc3)[c-]c1n2-c1cc(C(C)(C)C)ccn1.[Pt]. The van der Waals surface area contributed by atoms with E-state index in [1.54, 1.807) is 16.8 Å². The van der Waals surface area contributed by atoms with Gasteiger partial charge < -0.3 is 19.1 Å². The molecule has 0 unspecified atom stereocenters. The molecule has 2 aromatic heterocycles. The van der Waals surface area contributed by atoms with Crippen molar-refractivity contribution in [2.75, 3.05) is 9.80 Å². The maximum absolute atomic E-state index is 9.20. The molecule has 19 rings (SSSR count). The normalized spacial score (nSPS) is 20.7. The Labute approximate surface area is 487 Å². The monoisotopic (exact) mass is 1210 g/mol. The van der Waals surface area contributed by atoms with Gasteiger partial charge in [0, 0.05) is 61.6 Å². The molecule has 1 aliphatic heterocycles. The molecule has 0 spiro atoms. The Morgan fingerprint density at radius 3 is 1.80 bits per heavy atom. The molecule has 10 aromatic carbocycles. The average Bonchev–Trinajstić information content (AvgIpc) is 0.757. The van der Waals surface area contributed by atoms with Crippen molar-refractivity contribution in [1.29, 1.82) is 0 Å². The van der Waals surface area contributed by atoms with Crippen molar-refractivity contribution in [2.24, 2.45) is 0 Å². The van der Waals surface area contributed by atoms with Gasteiger partial charge in [0.2, 0.25) is 0 Å². The molecule has 0 saturated carbocycles. The molecule has 7 aliphatic rings. The summed E-state index contributed by atoms with van der Waals surface area (Å²) in [5, 5.41) is 1.00. The number of rotatable bonds is 7. The van der Waals surface area contributed by atoms with Crippen LogP contribution in [-0.2, 0) is 42.8 Å². The standard InChI is InChI=1S/C74H53N4O.Pt/c1-71(2,3)51-43-44-75-69(45-51)78-65-38-19-12-29-55(65)56-42-41-54(47-68(56)78)79-53-28-22-27-52(46-53)76-48-77(67-40-21-20-39-66(67)76)74-59-32-13-10-30-57(59)70(58-31-11-14-33-60(58)74)72(49-23-6-4-7-24-49)61-34-15-17-36-63(61)73(74,50-25-8-5-9-26-50)64-37-18-16-35-62(64)72;/h4-45,48,70H,1-3H3;/q-3;/i12D,19D,29D,38D;. The van der Waals surface area contributed by atoms with E-state index in [1.807, 2.05) is 30.3 Å². The topological polar surface area (TPSA) is 33.5 Å². The molecular weight excluding hydrogens is 1160 g/mol. The Kier molecular flexibility index (Phi) is 9.86. The van der Waals surface area contributed by atoms with Crippen LogP contribution in [0.2, 0.25) is 0 Å². The van der Waals surface area contributed by atoms with Gasteiger partial charge in [-0.15, -0.1) is 41.4 Å². The molecule has 0 radical (unpaired) electrons. The first-order valence-electron chi connectivity index (χ1n) is 29.1. The summed E-state index contributed by atoms with van der Waals surface area (Å²) in [7, 11) is 0.